The Bertz CT molecular complexity index is 742. The summed E-state index contributed by atoms with van der Waals surface area (Å²) in [5, 5.41) is -0.0785. The van der Waals surface area contributed by atoms with Gasteiger partial charge in [0.2, 0.25) is 0 Å². The number of aromatic nitrogens is 1. The van der Waals surface area contributed by atoms with Crippen LogP contribution in [0.3, 0.4) is 0 Å². The molecule has 1 aliphatic heterocycles. The Labute approximate surface area is 144 Å². The number of nitrogens with two attached hydrogens (primary N) is 1. The van der Waals surface area contributed by atoms with Crippen LogP contribution in [0.1, 0.15) is 25.0 Å². The molecule has 0 atom stereocenters. The van der Waals surface area contributed by atoms with Gasteiger partial charge in [0.05, 0.1) is 17.5 Å². The molecule has 3 nitrogen and oxygen atoms in total. The van der Waals surface area contributed by atoms with Gasteiger partial charge in [-0.3, -0.25) is 4.98 Å². The predicted octanol–water partition coefficient (Wildman–Crippen LogP) is 4.63. The molecule has 0 spiro atoms. The molecule has 3 rings (SSSR count). The molecular formula is C18H21F4N3. The highest BCUT2D eigenvalue weighted by Crippen LogP contribution is 2.36. The van der Waals surface area contributed by atoms with Crippen LogP contribution in [-0.4, -0.2) is 36.2 Å². The van der Waals surface area contributed by atoms with E-state index in [-0.39, 0.29) is 16.5 Å². The molecule has 0 radical (unpaired) electrons. The number of benzene rings is 1. The number of nitrogen functional groups attached to an aromatic ring is 1. The molecule has 1 aromatic heterocycles. The maximum Gasteiger partial charge on any atom is 0.417 e. The average molecular weight is 355 g/mol. The molecule has 25 heavy (non-hydrogen) atoms. The minimum absolute atomic E-state index is 0.00248. The van der Waals surface area contributed by atoms with Crippen LogP contribution in [0.15, 0.2) is 31.0 Å². The molecule has 136 valence electrons. The lowest BCUT2D eigenvalue weighted by Gasteiger charge is -2.20. The summed E-state index contributed by atoms with van der Waals surface area (Å²) >= 11 is 0. The molecule has 1 fully saturated rings. The Hall–Kier alpha value is -2.15. The van der Waals surface area contributed by atoms with Crippen LogP contribution < -0.4 is 5.73 Å². The minimum Gasteiger partial charge on any atom is -0.398 e. The summed E-state index contributed by atoms with van der Waals surface area (Å²) in [6, 6.07) is 4.17. The first-order valence-corrected chi connectivity index (χ1v) is 7.99. The molecule has 0 bridgehead atoms. The summed E-state index contributed by atoms with van der Waals surface area (Å²) in [7, 11) is 2.19. The molecule has 1 saturated heterocycles. The van der Waals surface area contributed by atoms with Crippen molar-refractivity contribution in [2.75, 3.05) is 25.9 Å². The maximum absolute atomic E-state index is 13.5. The number of pyridine rings is 1. The molecule has 0 aliphatic carbocycles. The van der Waals surface area contributed by atoms with E-state index in [4.69, 9.17) is 5.73 Å². The van der Waals surface area contributed by atoms with Gasteiger partial charge in [-0.2, -0.15) is 13.2 Å². The fourth-order valence-electron chi connectivity index (χ4n) is 2.72. The number of hydrogen-bond acceptors (Lipinski definition) is 3. The van der Waals surface area contributed by atoms with Gasteiger partial charge in [0, 0.05) is 16.5 Å². The van der Waals surface area contributed by atoms with Crippen molar-refractivity contribution in [2.24, 2.45) is 0 Å². The fourth-order valence-corrected chi connectivity index (χ4v) is 2.72. The number of hydrogen-bond donors (Lipinski definition) is 1. The van der Waals surface area contributed by atoms with Gasteiger partial charge in [-0.1, -0.05) is 25.1 Å². The van der Waals surface area contributed by atoms with Crippen LogP contribution in [0.2, 0.25) is 0 Å². The quantitative estimate of drug-likeness (QED) is 0.599. The average Bonchev–Trinajstić information content (AvgIpc) is 2.55. The maximum atomic E-state index is 13.5. The third kappa shape index (κ3) is 4.69. The van der Waals surface area contributed by atoms with Gasteiger partial charge in [0.15, 0.2) is 5.82 Å². The zero-order valence-corrected chi connectivity index (χ0v) is 14.0. The van der Waals surface area contributed by atoms with Crippen LogP contribution >= 0.6 is 0 Å². The number of allylic oxidation sites excluding steroid dienone is 1. The predicted molar refractivity (Wildman–Crippen MR) is 92.6 cm³/mol. The molecule has 7 heteroatoms. The van der Waals surface area contributed by atoms with E-state index in [9.17, 15) is 17.6 Å². The lowest BCUT2D eigenvalue weighted by Crippen LogP contribution is -2.24. The second kappa shape index (κ2) is 7.82. The van der Waals surface area contributed by atoms with Gasteiger partial charge in [0.1, 0.15) is 0 Å². The van der Waals surface area contributed by atoms with Crippen LogP contribution in [-0.2, 0) is 0 Å². The van der Waals surface area contributed by atoms with E-state index in [2.05, 4.69) is 23.5 Å². The number of anilines is 1. The Balaban J connectivity index is 0.000000269. The lowest BCUT2D eigenvalue weighted by atomic mass is 10.0. The van der Waals surface area contributed by atoms with E-state index in [1.165, 1.54) is 50.6 Å². The van der Waals surface area contributed by atoms with Crippen molar-refractivity contribution >= 4 is 22.0 Å². The third-order valence-electron chi connectivity index (χ3n) is 4.11. The first-order valence-electron chi connectivity index (χ1n) is 7.99. The Kier molecular flexibility index (Phi) is 6.00. The smallest absolute Gasteiger partial charge is 0.398 e. The number of alkyl halides is 3. The molecule has 0 amide bonds. The lowest BCUT2D eigenvalue weighted by molar-refractivity contribution is -0.0688. The number of halogens is 4. The monoisotopic (exact) mass is 355 g/mol. The van der Waals surface area contributed by atoms with Crippen molar-refractivity contribution in [3.8, 4) is 0 Å². The molecule has 1 aromatic carbocycles. The van der Waals surface area contributed by atoms with E-state index in [1.54, 1.807) is 0 Å². The third-order valence-corrected chi connectivity index (χ3v) is 4.11. The zero-order chi connectivity index (χ0) is 18.6. The number of rotatable bonds is 1. The molecule has 2 heterocycles. The van der Waals surface area contributed by atoms with Crippen LogP contribution in [0.5, 0.6) is 0 Å². The summed E-state index contributed by atoms with van der Waals surface area (Å²) in [6.45, 7) is 5.59. The van der Waals surface area contributed by atoms with Crippen LogP contribution in [0.4, 0.5) is 23.2 Å². The SMILES string of the molecule is C=C(c1ncc(F)c2c(N)cccc12)C(F)(F)F.CN1CCCCC1. The van der Waals surface area contributed by atoms with Crippen molar-refractivity contribution < 1.29 is 17.6 Å². The molecule has 0 saturated carbocycles. The van der Waals surface area contributed by atoms with Gasteiger partial charge >= 0.3 is 6.18 Å². The van der Waals surface area contributed by atoms with Gasteiger partial charge in [-0.15, -0.1) is 0 Å². The summed E-state index contributed by atoms with van der Waals surface area (Å²) in [5.74, 6) is -0.762. The number of fused-ring (bicyclic) bond motifs is 1. The Morgan fingerprint density at radius 1 is 1.20 bits per heavy atom. The van der Waals surface area contributed by atoms with E-state index in [0.717, 1.165) is 0 Å². The molecular weight excluding hydrogens is 334 g/mol. The minimum atomic E-state index is -4.62. The Morgan fingerprint density at radius 3 is 2.36 bits per heavy atom. The highest BCUT2D eigenvalue weighted by Gasteiger charge is 2.35. The largest absolute Gasteiger partial charge is 0.417 e. The normalized spacial score (nSPS) is 15.6. The topological polar surface area (TPSA) is 42.1 Å². The van der Waals surface area contributed by atoms with Crippen molar-refractivity contribution in [2.45, 2.75) is 25.4 Å². The van der Waals surface area contributed by atoms with Gasteiger partial charge < -0.3 is 10.6 Å². The number of piperidine rings is 1. The van der Waals surface area contributed by atoms with Gasteiger partial charge in [-0.05, 0) is 39.0 Å². The van der Waals surface area contributed by atoms with E-state index < -0.39 is 23.3 Å². The van der Waals surface area contributed by atoms with E-state index in [1.807, 2.05) is 0 Å². The van der Waals surface area contributed by atoms with E-state index in [0.29, 0.717) is 6.20 Å². The van der Waals surface area contributed by atoms with Crippen molar-refractivity contribution in [3.63, 3.8) is 0 Å². The standard InChI is InChI=1S/C12H8F4N2.C6H13N/c1-6(12(14,15)16)11-7-3-2-4-9(17)10(7)8(13)5-18-11;1-7-5-3-2-4-6-7/h2-5H,1,17H2;2-6H2,1H3. The van der Waals surface area contributed by atoms with Crippen molar-refractivity contribution in [1.82, 2.24) is 9.88 Å². The fraction of sp³-hybridized carbons (Fsp3) is 0.389. The highest BCUT2D eigenvalue weighted by atomic mass is 19.4. The van der Waals surface area contributed by atoms with E-state index >= 15 is 0 Å². The number of nitrogens with zero attached hydrogens (tertiary/aromatic N) is 2. The Morgan fingerprint density at radius 2 is 1.84 bits per heavy atom. The number of likely N-dealkylation sites (tertiary alicyclic amines) is 1. The van der Waals surface area contributed by atoms with Crippen LogP contribution in [0, 0.1) is 5.82 Å². The van der Waals surface area contributed by atoms with Crippen LogP contribution in [0.25, 0.3) is 16.3 Å². The van der Waals surface area contributed by atoms with Crippen molar-refractivity contribution in [3.05, 3.63) is 42.5 Å². The molecule has 1 aliphatic rings. The zero-order valence-electron chi connectivity index (χ0n) is 14.0. The summed E-state index contributed by atoms with van der Waals surface area (Å²) in [4.78, 5) is 5.86. The highest BCUT2D eigenvalue weighted by molar-refractivity contribution is 5.99. The summed E-state index contributed by atoms with van der Waals surface area (Å²) < 4.78 is 51.3. The molecule has 0 unspecified atom stereocenters. The summed E-state index contributed by atoms with van der Waals surface area (Å²) in [6.07, 6.45) is 0.366. The summed E-state index contributed by atoms with van der Waals surface area (Å²) in [5.41, 5.74) is 4.08. The molecule has 2 aromatic rings. The van der Waals surface area contributed by atoms with Gasteiger partial charge in [0.25, 0.3) is 0 Å². The van der Waals surface area contributed by atoms with Crippen molar-refractivity contribution in [1.29, 1.82) is 0 Å². The second-order valence-corrected chi connectivity index (χ2v) is 6.06. The first kappa shape index (κ1) is 19.2. The molecule has 2 N–H and O–H groups in total. The first-order chi connectivity index (χ1) is 11.7. The second-order valence-electron chi connectivity index (χ2n) is 6.06. The van der Waals surface area contributed by atoms with Gasteiger partial charge in [-0.25, -0.2) is 4.39 Å².